The lowest BCUT2D eigenvalue weighted by atomic mass is 10.1. The van der Waals surface area contributed by atoms with Crippen molar-refractivity contribution in [1.82, 2.24) is 10.2 Å². The van der Waals surface area contributed by atoms with Crippen LogP contribution >= 0.6 is 11.6 Å². The van der Waals surface area contributed by atoms with Crippen molar-refractivity contribution >= 4 is 39.1 Å². The molecule has 1 N–H and O–H groups in total. The first-order valence-electron chi connectivity index (χ1n) is 11.5. The van der Waals surface area contributed by atoms with Gasteiger partial charge in [0.25, 0.3) is 0 Å². The molecule has 0 radical (unpaired) electrons. The monoisotopic (exact) mass is 521 g/mol. The van der Waals surface area contributed by atoms with E-state index < -0.39 is 34.1 Å². The van der Waals surface area contributed by atoms with Crippen LogP contribution in [0.2, 0.25) is 5.02 Å². The summed E-state index contributed by atoms with van der Waals surface area (Å²) in [6, 6.07) is 11.7. The number of rotatable bonds is 9. The molecule has 0 bridgehead atoms. The number of nitrogens with one attached hydrogen (secondary N) is 1. The van der Waals surface area contributed by atoms with Gasteiger partial charge in [-0.25, -0.2) is 8.42 Å². The molecule has 0 saturated carbocycles. The van der Waals surface area contributed by atoms with Gasteiger partial charge in [0.05, 0.1) is 11.9 Å². The van der Waals surface area contributed by atoms with Gasteiger partial charge < -0.3 is 10.2 Å². The Bertz CT molecular complexity index is 1160. The van der Waals surface area contributed by atoms with Gasteiger partial charge in [0.15, 0.2) is 0 Å². The SMILES string of the molecule is CC[C@H](C(=O)NC(C)(C)C)N(Cc1ccccc1Cl)C(=O)CN(c1cc(C)cc(C)c1)S(C)(=O)=O. The minimum Gasteiger partial charge on any atom is -0.350 e. The Morgan fingerprint density at radius 3 is 2.11 bits per heavy atom. The van der Waals surface area contributed by atoms with Crippen molar-refractivity contribution in [2.24, 2.45) is 0 Å². The van der Waals surface area contributed by atoms with Gasteiger partial charge in [-0.2, -0.15) is 0 Å². The number of nitrogens with zero attached hydrogens (tertiary/aromatic N) is 2. The summed E-state index contributed by atoms with van der Waals surface area (Å²) in [5, 5.41) is 3.40. The van der Waals surface area contributed by atoms with E-state index in [9.17, 15) is 18.0 Å². The van der Waals surface area contributed by atoms with Gasteiger partial charge in [0.1, 0.15) is 12.6 Å². The van der Waals surface area contributed by atoms with Gasteiger partial charge in [0, 0.05) is 17.1 Å². The Balaban J connectivity index is 2.51. The first kappa shape index (κ1) is 28.7. The molecule has 7 nitrogen and oxygen atoms in total. The zero-order chi connectivity index (χ0) is 26.6. The number of aryl methyl sites for hydroxylation is 2. The van der Waals surface area contributed by atoms with E-state index >= 15 is 0 Å². The van der Waals surface area contributed by atoms with E-state index in [0.717, 1.165) is 21.7 Å². The summed E-state index contributed by atoms with van der Waals surface area (Å²) in [7, 11) is -3.78. The first-order chi connectivity index (χ1) is 16.1. The quantitative estimate of drug-likeness (QED) is 0.528. The maximum Gasteiger partial charge on any atom is 0.244 e. The van der Waals surface area contributed by atoms with Crippen LogP contribution in [0, 0.1) is 13.8 Å². The molecule has 0 aromatic heterocycles. The molecule has 2 aromatic rings. The highest BCUT2D eigenvalue weighted by molar-refractivity contribution is 7.92. The third-order valence-electron chi connectivity index (χ3n) is 5.36. The topological polar surface area (TPSA) is 86.8 Å². The fourth-order valence-corrected chi connectivity index (χ4v) is 4.92. The van der Waals surface area contributed by atoms with Crippen LogP contribution in [0.25, 0.3) is 0 Å². The first-order valence-corrected chi connectivity index (χ1v) is 13.8. The average Bonchev–Trinajstić information content (AvgIpc) is 2.70. The molecule has 0 aliphatic heterocycles. The van der Waals surface area contributed by atoms with Crippen LogP contribution in [0.15, 0.2) is 42.5 Å². The number of halogens is 1. The maximum atomic E-state index is 13.7. The van der Waals surface area contributed by atoms with Gasteiger partial charge >= 0.3 is 0 Å². The summed E-state index contributed by atoms with van der Waals surface area (Å²) in [6.07, 6.45) is 1.42. The molecule has 0 fully saturated rings. The number of amides is 2. The molecular weight excluding hydrogens is 486 g/mol. The third kappa shape index (κ3) is 8.25. The Morgan fingerprint density at radius 1 is 1.06 bits per heavy atom. The number of carbonyl (C=O) groups excluding carboxylic acids is 2. The molecule has 2 aromatic carbocycles. The molecule has 0 spiro atoms. The van der Waals surface area contributed by atoms with Crippen LogP contribution in [0.1, 0.15) is 50.8 Å². The Hall–Kier alpha value is -2.58. The Kier molecular flexibility index (Phi) is 9.36. The maximum absolute atomic E-state index is 13.7. The smallest absolute Gasteiger partial charge is 0.244 e. The zero-order valence-electron chi connectivity index (χ0n) is 21.6. The molecule has 0 unspecified atom stereocenters. The van der Waals surface area contributed by atoms with Crippen molar-refractivity contribution in [3.05, 3.63) is 64.2 Å². The summed E-state index contributed by atoms with van der Waals surface area (Å²) < 4.78 is 26.6. The van der Waals surface area contributed by atoms with Crippen LogP contribution in [0.5, 0.6) is 0 Å². The predicted molar refractivity (Wildman–Crippen MR) is 142 cm³/mol. The molecule has 0 heterocycles. The number of hydrogen-bond acceptors (Lipinski definition) is 4. The zero-order valence-corrected chi connectivity index (χ0v) is 23.1. The van der Waals surface area contributed by atoms with Crippen LogP contribution in [-0.2, 0) is 26.2 Å². The van der Waals surface area contributed by atoms with E-state index in [2.05, 4.69) is 5.32 Å². The van der Waals surface area contributed by atoms with E-state index in [-0.39, 0.29) is 12.5 Å². The molecule has 0 aliphatic rings. The predicted octanol–water partition coefficient (Wildman–Crippen LogP) is 4.44. The van der Waals surface area contributed by atoms with E-state index in [1.165, 1.54) is 4.90 Å². The van der Waals surface area contributed by atoms with Gasteiger partial charge in [-0.3, -0.25) is 13.9 Å². The molecule has 0 saturated heterocycles. The van der Waals surface area contributed by atoms with Gasteiger partial charge in [-0.1, -0.05) is 42.8 Å². The standard InChI is InChI=1S/C26H36ClN3O4S/c1-8-23(25(32)28-26(4,5)6)29(16-20-11-9-10-12-22(20)27)24(31)17-30(35(7,33)34)21-14-18(2)13-19(3)15-21/h9-15,23H,8,16-17H2,1-7H3,(H,28,32)/t23-/m1/s1. The van der Waals surface area contributed by atoms with E-state index in [1.807, 2.05) is 47.6 Å². The van der Waals surface area contributed by atoms with E-state index in [1.54, 1.807) is 36.4 Å². The van der Waals surface area contributed by atoms with Crippen LogP contribution in [-0.4, -0.2) is 49.5 Å². The second kappa shape index (κ2) is 11.4. The fourth-order valence-electron chi connectivity index (χ4n) is 3.89. The molecular formula is C26H36ClN3O4S. The number of anilines is 1. The highest BCUT2D eigenvalue weighted by Gasteiger charge is 2.33. The normalized spacial score (nSPS) is 12.7. The Labute approximate surface area is 214 Å². The van der Waals surface area contributed by atoms with Crippen LogP contribution < -0.4 is 9.62 Å². The number of hydrogen-bond donors (Lipinski definition) is 1. The number of carbonyl (C=O) groups is 2. The molecule has 2 rings (SSSR count). The summed E-state index contributed by atoms with van der Waals surface area (Å²) >= 11 is 6.37. The van der Waals surface area contributed by atoms with E-state index in [0.29, 0.717) is 22.7 Å². The van der Waals surface area contributed by atoms with Crippen molar-refractivity contribution in [2.45, 2.75) is 66.1 Å². The second-order valence-corrected chi connectivity index (χ2v) is 12.2. The van der Waals surface area contributed by atoms with Crippen molar-refractivity contribution in [3.8, 4) is 0 Å². The molecule has 192 valence electrons. The minimum atomic E-state index is -3.78. The molecule has 9 heteroatoms. The van der Waals surface area contributed by atoms with Crippen molar-refractivity contribution in [1.29, 1.82) is 0 Å². The fraction of sp³-hybridized carbons (Fsp3) is 0.462. The third-order valence-corrected chi connectivity index (χ3v) is 6.87. The lowest BCUT2D eigenvalue weighted by Crippen LogP contribution is -2.55. The molecule has 2 amide bonds. The van der Waals surface area contributed by atoms with Gasteiger partial charge in [0.2, 0.25) is 21.8 Å². The summed E-state index contributed by atoms with van der Waals surface area (Å²) in [6.45, 7) is 10.8. The highest BCUT2D eigenvalue weighted by atomic mass is 35.5. The van der Waals surface area contributed by atoms with E-state index in [4.69, 9.17) is 11.6 Å². The average molecular weight is 522 g/mol. The minimum absolute atomic E-state index is 0.0685. The van der Waals surface area contributed by atoms with Gasteiger partial charge in [-0.15, -0.1) is 0 Å². The lowest BCUT2D eigenvalue weighted by Gasteiger charge is -2.34. The lowest BCUT2D eigenvalue weighted by molar-refractivity contribution is -0.141. The van der Waals surface area contributed by atoms with Crippen LogP contribution in [0.4, 0.5) is 5.69 Å². The largest absolute Gasteiger partial charge is 0.350 e. The second-order valence-electron chi connectivity index (χ2n) is 9.89. The van der Waals surface area contributed by atoms with Crippen molar-refractivity contribution < 1.29 is 18.0 Å². The number of benzene rings is 2. The van der Waals surface area contributed by atoms with Crippen molar-refractivity contribution in [2.75, 3.05) is 17.1 Å². The molecule has 35 heavy (non-hydrogen) atoms. The van der Waals surface area contributed by atoms with Gasteiger partial charge in [-0.05, 0) is 75.9 Å². The molecule has 0 aliphatic carbocycles. The Morgan fingerprint density at radius 2 is 1.63 bits per heavy atom. The summed E-state index contributed by atoms with van der Waals surface area (Å²) in [4.78, 5) is 28.3. The van der Waals surface area contributed by atoms with Crippen LogP contribution in [0.3, 0.4) is 0 Å². The summed E-state index contributed by atoms with van der Waals surface area (Å²) in [5.41, 5.74) is 2.33. The number of sulfonamides is 1. The highest BCUT2D eigenvalue weighted by Crippen LogP contribution is 2.24. The summed E-state index contributed by atoms with van der Waals surface area (Å²) in [5.74, 6) is -0.803. The molecule has 1 atom stereocenters. The van der Waals surface area contributed by atoms with Crippen molar-refractivity contribution in [3.63, 3.8) is 0 Å².